The Morgan fingerprint density at radius 2 is 1.70 bits per heavy atom. The van der Waals surface area contributed by atoms with Gasteiger partial charge in [0.1, 0.15) is 5.75 Å². The largest absolute Gasteiger partial charge is 0.508 e. The molecule has 4 rings (SSSR count). The lowest BCUT2D eigenvalue weighted by molar-refractivity contribution is -0.116. The highest BCUT2D eigenvalue weighted by Gasteiger charge is 2.29. The highest BCUT2D eigenvalue weighted by atomic mass is 32.2. The number of phenols is 1. The number of aromatic hydroxyl groups is 1. The fraction of sp³-hybridized carbons (Fsp3) is 0.323. The number of sulfonamides is 1. The molecule has 3 aromatic carbocycles. The van der Waals surface area contributed by atoms with Gasteiger partial charge in [-0.25, -0.2) is 8.42 Å². The maximum atomic E-state index is 14.1. The molecule has 0 spiro atoms. The van der Waals surface area contributed by atoms with Crippen molar-refractivity contribution in [2.45, 2.75) is 32.2 Å². The zero-order chi connectivity index (χ0) is 28.7. The van der Waals surface area contributed by atoms with Crippen LogP contribution in [-0.2, 0) is 26.1 Å². The number of hydrogen-bond donors (Lipinski definition) is 2. The zero-order valence-electron chi connectivity index (χ0n) is 23.3. The fourth-order valence-electron chi connectivity index (χ4n) is 4.96. The van der Waals surface area contributed by atoms with Gasteiger partial charge < -0.3 is 15.2 Å². The van der Waals surface area contributed by atoms with Crippen LogP contribution in [0.3, 0.4) is 0 Å². The van der Waals surface area contributed by atoms with E-state index in [1.165, 1.54) is 10.4 Å². The maximum Gasteiger partial charge on any atom is 0.265 e. The van der Waals surface area contributed by atoms with Crippen molar-refractivity contribution in [1.29, 1.82) is 0 Å². The van der Waals surface area contributed by atoms with E-state index in [9.17, 15) is 18.3 Å². The van der Waals surface area contributed by atoms with Crippen LogP contribution in [0.2, 0.25) is 0 Å². The first-order valence-electron chi connectivity index (χ1n) is 13.4. The number of ether oxygens (including phenoxy) is 1. The average Bonchev–Trinajstić information content (AvgIpc) is 2.91. The second kappa shape index (κ2) is 13.1. The van der Waals surface area contributed by atoms with Gasteiger partial charge in [0, 0.05) is 32.3 Å². The zero-order valence-corrected chi connectivity index (χ0v) is 24.1. The number of carbonyl (C=O) groups is 1. The maximum absolute atomic E-state index is 14.1. The minimum Gasteiger partial charge on any atom is -0.508 e. The van der Waals surface area contributed by atoms with Crippen LogP contribution in [0.1, 0.15) is 27.8 Å². The van der Waals surface area contributed by atoms with E-state index in [-0.39, 0.29) is 23.1 Å². The minimum atomic E-state index is -3.94. The fourth-order valence-corrected chi connectivity index (χ4v) is 6.83. The number of nitrogens with zero attached hydrogens (tertiary/aromatic N) is 2. The summed E-state index contributed by atoms with van der Waals surface area (Å²) in [4.78, 5) is 14.8. The Kier molecular flexibility index (Phi) is 9.63. The standard InChI is InChI=1S/C31H37N3O5S/c1-23-19-24(2)31(25(3)20-23)40(37,38)34(22-27-5-4-6-29(35)21-27)28-10-7-26(8-11-28)9-12-30(36)32-13-14-33-15-17-39-18-16-33/h4-12,19-21,35H,13-18,22H2,1-3H3,(H,32,36). The van der Waals surface area contributed by atoms with Gasteiger partial charge in [-0.05, 0) is 73.4 Å². The molecule has 1 aliphatic heterocycles. The molecule has 0 unspecified atom stereocenters. The van der Waals surface area contributed by atoms with E-state index in [2.05, 4.69) is 10.2 Å². The quantitative estimate of drug-likeness (QED) is 0.359. The smallest absolute Gasteiger partial charge is 0.265 e. The molecule has 0 aliphatic carbocycles. The molecule has 0 aromatic heterocycles. The lowest BCUT2D eigenvalue weighted by atomic mass is 10.1. The van der Waals surface area contributed by atoms with E-state index in [4.69, 9.17) is 4.74 Å². The van der Waals surface area contributed by atoms with E-state index >= 15 is 0 Å². The number of carbonyl (C=O) groups excluding carboxylic acids is 1. The summed E-state index contributed by atoms with van der Waals surface area (Å²) in [5.41, 5.74) is 4.26. The predicted octanol–water partition coefficient (Wildman–Crippen LogP) is 4.17. The second-order valence-corrected chi connectivity index (χ2v) is 11.9. The number of nitrogens with one attached hydrogen (secondary N) is 1. The normalized spacial score (nSPS) is 14.4. The van der Waals surface area contributed by atoms with Gasteiger partial charge in [-0.2, -0.15) is 0 Å². The third-order valence-corrected chi connectivity index (χ3v) is 8.91. The molecule has 212 valence electrons. The molecule has 0 bridgehead atoms. The Balaban J connectivity index is 1.53. The van der Waals surface area contributed by atoms with Crippen molar-refractivity contribution < 1.29 is 23.1 Å². The van der Waals surface area contributed by atoms with Crippen LogP contribution in [0, 0.1) is 20.8 Å². The van der Waals surface area contributed by atoms with Crippen molar-refractivity contribution in [3.63, 3.8) is 0 Å². The van der Waals surface area contributed by atoms with Crippen molar-refractivity contribution >= 4 is 27.7 Å². The van der Waals surface area contributed by atoms with Crippen LogP contribution in [-0.4, -0.2) is 63.7 Å². The number of phenolic OH excluding ortho intramolecular Hbond substituents is 1. The average molecular weight is 564 g/mol. The lowest BCUT2D eigenvalue weighted by Crippen LogP contribution is -2.41. The van der Waals surface area contributed by atoms with Crippen LogP contribution in [0.25, 0.3) is 6.08 Å². The number of hydrogen-bond acceptors (Lipinski definition) is 6. The van der Waals surface area contributed by atoms with Gasteiger partial charge in [0.05, 0.1) is 30.3 Å². The Labute approximate surface area is 236 Å². The molecule has 40 heavy (non-hydrogen) atoms. The van der Waals surface area contributed by atoms with Crippen molar-refractivity contribution in [3.05, 3.63) is 94.6 Å². The topological polar surface area (TPSA) is 99.2 Å². The molecule has 0 atom stereocenters. The summed E-state index contributed by atoms with van der Waals surface area (Å²) in [6.07, 6.45) is 3.19. The molecule has 1 amide bonds. The van der Waals surface area contributed by atoms with Gasteiger partial charge in [0.15, 0.2) is 0 Å². The van der Waals surface area contributed by atoms with Crippen molar-refractivity contribution in [1.82, 2.24) is 10.2 Å². The SMILES string of the molecule is Cc1cc(C)c(S(=O)(=O)N(Cc2cccc(O)c2)c2ccc(C=CC(=O)NCCN3CCOCC3)cc2)c(C)c1. The van der Waals surface area contributed by atoms with E-state index in [1.807, 2.05) is 19.1 Å². The third-order valence-electron chi connectivity index (χ3n) is 6.83. The summed E-state index contributed by atoms with van der Waals surface area (Å²) in [6, 6.07) is 17.4. The lowest BCUT2D eigenvalue weighted by Gasteiger charge is -2.27. The highest BCUT2D eigenvalue weighted by molar-refractivity contribution is 7.92. The van der Waals surface area contributed by atoms with Gasteiger partial charge in [-0.3, -0.25) is 14.0 Å². The summed E-state index contributed by atoms with van der Waals surface area (Å²) in [7, 11) is -3.94. The van der Waals surface area contributed by atoms with E-state index in [0.29, 0.717) is 28.9 Å². The molecular formula is C31H37N3O5S. The van der Waals surface area contributed by atoms with Crippen LogP contribution in [0.4, 0.5) is 5.69 Å². The monoisotopic (exact) mass is 563 g/mol. The predicted molar refractivity (Wildman–Crippen MR) is 158 cm³/mol. The van der Waals surface area contributed by atoms with E-state index < -0.39 is 10.0 Å². The molecule has 1 heterocycles. The van der Waals surface area contributed by atoms with Crippen LogP contribution >= 0.6 is 0 Å². The molecule has 9 heteroatoms. The molecule has 3 aromatic rings. The Hall–Kier alpha value is -3.66. The van der Waals surface area contributed by atoms with Crippen molar-refractivity contribution in [2.75, 3.05) is 43.7 Å². The van der Waals surface area contributed by atoms with E-state index in [0.717, 1.165) is 44.0 Å². The van der Waals surface area contributed by atoms with Gasteiger partial charge in [0.25, 0.3) is 10.0 Å². The molecule has 1 aliphatic rings. The van der Waals surface area contributed by atoms with Crippen LogP contribution in [0.15, 0.2) is 71.6 Å². The van der Waals surface area contributed by atoms with Gasteiger partial charge >= 0.3 is 0 Å². The van der Waals surface area contributed by atoms with Crippen LogP contribution in [0.5, 0.6) is 5.75 Å². The summed E-state index contributed by atoms with van der Waals surface area (Å²) in [5, 5.41) is 12.9. The van der Waals surface area contributed by atoms with Gasteiger partial charge in [0.2, 0.25) is 5.91 Å². The molecule has 0 saturated carbocycles. The first-order valence-corrected chi connectivity index (χ1v) is 14.8. The molecular weight excluding hydrogens is 526 g/mol. The number of anilines is 1. The number of benzene rings is 3. The Bertz CT molecular complexity index is 1440. The number of morpholine rings is 1. The first kappa shape index (κ1) is 29.3. The second-order valence-electron chi connectivity index (χ2n) is 10.1. The van der Waals surface area contributed by atoms with Crippen LogP contribution < -0.4 is 9.62 Å². The minimum absolute atomic E-state index is 0.0459. The summed E-state index contributed by atoms with van der Waals surface area (Å²) >= 11 is 0. The summed E-state index contributed by atoms with van der Waals surface area (Å²) in [6.45, 7) is 10.1. The first-order chi connectivity index (χ1) is 19.1. The van der Waals surface area contributed by atoms with Gasteiger partial charge in [-0.15, -0.1) is 0 Å². The summed E-state index contributed by atoms with van der Waals surface area (Å²) in [5.74, 6) is -0.114. The highest BCUT2D eigenvalue weighted by Crippen LogP contribution is 2.31. The number of aryl methyl sites for hydroxylation is 3. The Morgan fingerprint density at radius 1 is 1.02 bits per heavy atom. The molecule has 0 radical (unpaired) electrons. The summed E-state index contributed by atoms with van der Waals surface area (Å²) < 4.78 is 34.9. The number of amides is 1. The molecule has 8 nitrogen and oxygen atoms in total. The molecule has 1 fully saturated rings. The molecule has 2 N–H and O–H groups in total. The Morgan fingerprint density at radius 3 is 2.35 bits per heavy atom. The third kappa shape index (κ3) is 7.50. The van der Waals surface area contributed by atoms with Gasteiger partial charge in [-0.1, -0.05) is 42.0 Å². The molecule has 1 saturated heterocycles. The number of rotatable bonds is 10. The van der Waals surface area contributed by atoms with Crippen molar-refractivity contribution in [2.24, 2.45) is 0 Å². The van der Waals surface area contributed by atoms with E-state index in [1.54, 1.807) is 68.5 Å². The van der Waals surface area contributed by atoms with Crippen molar-refractivity contribution in [3.8, 4) is 5.75 Å².